The molecule has 1 heterocycles. The first kappa shape index (κ1) is 16.8. The summed E-state index contributed by atoms with van der Waals surface area (Å²) >= 11 is 1.77. The van der Waals surface area contributed by atoms with E-state index in [0.29, 0.717) is 6.61 Å². The monoisotopic (exact) mass is 289 g/mol. The summed E-state index contributed by atoms with van der Waals surface area (Å²) in [6.45, 7) is 15.5. The highest BCUT2D eigenvalue weighted by molar-refractivity contribution is 8.00. The quantitative estimate of drug-likeness (QED) is 0.573. The minimum absolute atomic E-state index is 0.0141. The number of esters is 1. The van der Waals surface area contributed by atoms with Crippen LogP contribution in [-0.4, -0.2) is 59.9 Å². The van der Waals surface area contributed by atoms with Crippen molar-refractivity contribution >= 4 is 17.7 Å². The van der Waals surface area contributed by atoms with Gasteiger partial charge in [0.2, 0.25) is 0 Å². The lowest BCUT2D eigenvalue weighted by Gasteiger charge is -2.35. The third-order valence-electron chi connectivity index (χ3n) is 4.24. The van der Waals surface area contributed by atoms with Crippen molar-refractivity contribution < 1.29 is 14.0 Å². The number of likely N-dealkylation sites (N-methyl/N-ethyl adjacent to an activating group) is 1. The second-order valence-electron chi connectivity index (χ2n) is 5.70. The molecular formula is C14H29N2O2S+. The third kappa shape index (κ3) is 4.65. The van der Waals surface area contributed by atoms with Crippen LogP contribution < -0.4 is 5.32 Å². The first-order valence-corrected chi connectivity index (χ1v) is 8.30. The average molecular weight is 289 g/mol. The highest BCUT2D eigenvalue weighted by Gasteiger charge is 2.36. The number of hydrogen-bond donors (Lipinski definition) is 1. The fourth-order valence-corrected chi connectivity index (χ4v) is 3.54. The van der Waals surface area contributed by atoms with Crippen LogP contribution in [0.2, 0.25) is 0 Å². The van der Waals surface area contributed by atoms with Crippen LogP contribution in [0.15, 0.2) is 0 Å². The van der Waals surface area contributed by atoms with Crippen molar-refractivity contribution in [2.24, 2.45) is 0 Å². The minimum atomic E-state index is -0.147. The average Bonchev–Trinajstić information content (AvgIpc) is 2.75. The second kappa shape index (κ2) is 6.95. The summed E-state index contributed by atoms with van der Waals surface area (Å²) in [5.74, 6) is 0.709. The Labute approximate surface area is 121 Å². The lowest BCUT2D eigenvalue weighted by molar-refractivity contribution is -0.923. The van der Waals surface area contributed by atoms with E-state index in [1.807, 2.05) is 0 Å². The van der Waals surface area contributed by atoms with Crippen molar-refractivity contribution in [3.05, 3.63) is 0 Å². The summed E-state index contributed by atoms with van der Waals surface area (Å²) in [5, 5.41) is 3.30. The maximum atomic E-state index is 12.0. The molecule has 0 bridgehead atoms. The number of ether oxygens (including phenoxy) is 1. The van der Waals surface area contributed by atoms with Crippen LogP contribution in [-0.2, 0) is 9.53 Å². The Morgan fingerprint density at radius 1 is 1.32 bits per heavy atom. The van der Waals surface area contributed by atoms with Crippen molar-refractivity contribution in [3.63, 3.8) is 0 Å². The molecule has 5 heteroatoms. The number of rotatable bonds is 7. The van der Waals surface area contributed by atoms with E-state index in [4.69, 9.17) is 4.74 Å². The van der Waals surface area contributed by atoms with Crippen molar-refractivity contribution in [1.82, 2.24) is 5.32 Å². The molecule has 1 atom stereocenters. The van der Waals surface area contributed by atoms with Gasteiger partial charge in [-0.05, 0) is 34.6 Å². The Hall–Kier alpha value is -0.260. The number of carbonyl (C=O) groups is 1. The number of thioether (sulfide) groups is 1. The van der Waals surface area contributed by atoms with Crippen molar-refractivity contribution in [2.45, 2.75) is 45.5 Å². The van der Waals surface area contributed by atoms with Crippen LogP contribution in [0.3, 0.4) is 0 Å². The van der Waals surface area contributed by atoms with E-state index >= 15 is 0 Å². The van der Waals surface area contributed by atoms with Crippen LogP contribution in [0.25, 0.3) is 0 Å². The topological polar surface area (TPSA) is 38.3 Å². The van der Waals surface area contributed by atoms with Gasteiger partial charge in [-0.15, -0.1) is 11.8 Å². The maximum absolute atomic E-state index is 12.0. The molecular weight excluding hydrogens is 260 g/mol. The molecule has 0 spiro atoms. The molecule has 0 radical (unpaired) electrons. The molecule has 112 valence electrons. The molecule has 1 aliphatic rings. The van der Waals surface area contributed by atoms with Crippen molar-refractivity contribution in [2.75, 3.05) is 38.5 Å². The van der Waals surface area contributed by atoms with Gasteiger partial charge in [-0.2, -0.15) is 0 Å². The molecule has 0 amide bonds. The molecule has 1 fully saturated rings. The fourth-order valence-electron chi connectivity index (χ4n) is 2.51. The van der Waals surface area contributed by atoms with Gasteiger partial charge in [-0.1, -0.05) is 0 Å². The van der Waals surface area contributed by atoms with E-state index in [9.17, 15) is 4.79 Å². The highest BCUT2D eigenvalue weighted by Crippen LogP contribution is 2.29. The lowest BCUT2D eigenvalue weighted by atomic mass is 10.3. The summed E-state index contributed by atoms with van der Waals surface area (Å²) in [6.07, 6.45) is 0. The normalized spacial score (nSPS) is 22.5. The molecule has 0 saturated carbocycles. The smallest absolute Gasteiger partial charge is 0.324 e. The largest absolute Gasteiger partial charge is 0.458 e. The van der Waals surface area contributed by atoms with Gasteiger partial charge in [-0.25, -0.2) is 0 Å². The van der Waals surface area contributed by atoms with E-state index in [-0.39, 0.29) is 16.9 Å². The Balaban J connectivity index is 2.35. The summed E-state index contributed by atoms with van der Waals surface area (Å²) in [6, 6.07) is -0.147. The molecule has 0 aromatic heterocycles. The summed E-state index contributed by atoms with van der Waals surface area (Å²) < 4.78 is 6.47. The molecule has 4 nitrogen and oxygen atoms in total. The van der Waals surface area contributed by atoms with E-state index < -0.39 is 0 Å². The summed E-state index contributed by atoms with van der Waals surface area (Å²) in [5.41, 5.74) is 0. The zero-order chi connectivity index (χ0) is 14.5. The Bertz CT molecular complexity index is 296. The number of hydrogen-bond acceptors (Lipinski definition) is 4. The fraction of sp³-hybridized carbons (Fsp3) is 0.929. The predicted octanol–water partition coefficient (Wildman–Crippen LogP) is 1.85. The zero-order valence-electron chi connectivity index (χ0n) is 13.0. The van der Waals surface area contributed by atoms with Crippen LogP contribution in [0.1, 0.15) is 34.6 Å². The van der Waals surface area contributed by atoms with Gasteiger partial charge in [0.05, 0.1) is 24.5 Å². The standard InChI is InChI=1S/C14H29N2O2S/c1-6-16(7-2,8-3)9-10-18-13(17)12-11-19-14(4,5)15-12/h12,15H,6-11H2,1-5H3/q+1. The number of nitrogens with zero attached hydrogens (tertiary/aromatic N) is 1. The first-order chi connectivity index (χ1) is 8.88. The molecule has 1 N–H and O–H groups in total. The number of carbonyl (C=O) groups excluding carboxylic acids is 1. The summed E-state index contributed by atoms with van der Waals surface area (Å²) in [7, 11) is 0. The predicted molar refractivity (Wildman–Crippen MR) is 81.2 cm³/mol. The zero-order valence-corrected chi connectivity index (χ0v) is 13.8. The summed E-state index contributed by atoms with van der Waals surface area (Å²) in [4.78, 5) is 12.0. The third-order valence-corrected chi connectivity index (χ3v) is 5.58. The molecule has 1 saturated heterocycles. The van der Waals surface area contributed by atoms with Gasteiger partial charge in [-0.3, -0.25) is 10.1 Å². The molecule has 0 aliphatic carbocycles. The molecule has 1 aliphatic heterocycles. The van der Waals surface area contributed by atoms with E-state index in [1.165, 1.54) is 0 Å². The van der Waals surface area contributed by atoms with Crippen LogP contribution >= 0.6 is 11.8 Å². The van der Waals surface area contributed by atoms with E-state index in [0.717, 1.165) is 36.4 Å². The van der Waals surface area contributed by atoms with Gasteiger partial charge in [0, 0.05) is 5.75 Å². The maximum Gasteiger partial charge on any atom is 0.324 e. The van der Waals surface area contributed by atoms with Gasteiger partial charge in [0.1, 0.15) is 19.2 Å². The molecule has 19 heavy (non-hydrogen) atoms. The van der Waals surface area contributed by atoms with Crippen molar-refractivity contribution in [1.29, 1.82) is 0 Å². The lowest BCUT2D eigenvalue weighted by Crippen LogP contribution is -2.50. The SMILES string of the molecule is CC[N+](CC)(CC)CCOC(=O)C1CSC(C)(C)N1. The van der Waals surface area contributed by atoms with E-state index in [1.54, 1.807) is 11.8 Å². The Morgan fingerprint density at radius 3 is 2.32 bits per heavy atom. The Morgan fingerprint density at radius 2 is 1.89 bits per heavy atom. The molecule has 0 aromatic rings. The second-order valence-corrected chi connectivity index (χ2v) is 7.34. The van der Waals surface area contributed by atoms with Gasteiger partial charge >= 0.3 is 5.97 Å². The van der Waals surface area contributed by atoms with Crippen molar-refractivity contribution in [3.8, 4) is 0 Å². The molecule has 1 rings (SSSR count). The molecule has 0 aromatic carbocycles. The van der Waals surface area contributed by atoms with Gasteiger partial charge in [0.25, 0.3) is 0 Å². The minimum Gasteiger partial charge on any atom is -0.458 e. The van der Waals surface area contributed by atoms with Crippen LogP contribution in [0.4, 0.5) is 0 Å². The van der Waals surface area contributed by atoms with E-state index in [2.05, 4.69) is 39.9 Å². The highest BCUT2D eigenvalue weighted by atomic mass is 32.2. The van der Waals surface area contributed by atoms with Gasteiger partial charge < -0.3 is 9.22 Å². The number of quaternary nitrogens is 1. The molecule has 1 unspecified atom stereocenters. The van der Waals surface area contributed by atoms with Crippen LogP contribution in [0.5, 0.6) is 0 Å². The Kier molecular flexibility index (Phi) is 6.15. The first-order valence-electron chi connectivity index (χ1n) is 7.31. The van der Waals surface area contributed by atoms with Gasteiger partial charge in [0.15, 0.2) is 0 Å². The number of nitrogens with one attached hydrogen (secondary N) is 1. The van der Waals surface area contributed by atoms with Crippen LogP contribution in [0, 0.1) is 0 Å².